The molecule has 0 spiro atoms. The van der Waals surface area contributed by atoms with Gasteiger partial charge in [-0.25, -0.2) is 18.4 Å². The van der Waals surface area contributed by atoms with E-state index in [1.54, 1.807) is 28.3 Å². The number of hydrogen-bond acceptors (Lipinski definition) is 6. The summed E-state index contributed by atoms with van der Waals surface area (Å²) >= 11 is 0. The van der Waals surface area contributed by atoms with Crippen molar-refractivity contribution in [1.82, 2.24) is 24.1 Å². The Hall–Kier alpha value is -2.78. The molecule has 0 saturated carbocycles. The van der Waals surface area contributed by atoms with Crippen molar-refractivity contribution < 1.29 is 8.42 Å². The zero-order valence-electron chi connectivity index (χ0n) is 16.5. The van der Waals surface area contributed by atoms with Crippen LogP contribution < -0.4 is 5.32 Å². The van der Waals surface area contributed by atoms with E-state index in [2.05, 4.69) is 20.4 Å². The quantitative estimate of drug-likeness (QED) is 0.668. The second-order valence-electron chi connectivity index (χ2n) is 7.00. The average Bonchev–Trinajstić information content (AvgIpc) is 3.36. The Morgan fingerprint density at radius 2 is 2.00 bits per heavy atom. The molecule has 1 aliphatic rings. The molecule has 4 rings (SSSR count). The maximum Gasteiger partial charge on any atom is 0.247 e. The second kappa shape index (κ2) is 7.92. The molecule has 0 amide bonds. The lowest BCUT2D eigenvalue weighted by molar-refractivity contribution is 0.390. The van der Waals surface area contributed by atoms with Gasteiger partial charge in [-0.2, -0.15) is 9.40 Å². The van der Waals surface area contributed by atoms with Gasteiger partial charge in [-0.3, -0.25) is 4.68 Å². The standard InChI is InChI=1S/C20H24N6O2S/c1-3-25-14-18(15(2)24-25)29(27,28)26-13-7-9-17(26)16-8-6-11-20(22-16)23-19-10-4-5-12-21-19/h4-6,8,10-12,14,17H,3,7,9,13H2,1-2H3,(H,21,22,23)/t17-/m1/s1. The van der Waals surface area contributed by atoms with E-state index in [0.717, 1.165) is 18.5 Å². The summed E-state index contributed by atoms with van der Waals surface area (Å²) in [6, 6.07) is 10.9. The maximum atomic E-state index is 13.4. The molecule has 0 aliphatic carbocycles. The van der Waals surface area contributed by atoms with Crippen LogP contribution in [0.4, 0.5) is 11.6 Å². The first-order valence-electron chi connectivity index (χ1n) is 9.70. The number of nitrogens with zero attached hydrogens (tertiary/aromatic N) is 5. The van der Waals surface area contributed by atoms with Crippen LogP contribution in [0.2, 0.25) is 0 Å². The fraction of sp³-hybridized carbons (Fsp3) is 0.350. The number of hydrogen-bond donors (Lipinski definition) is 1. The Morgan fingerprint density at radius 3 is 2.72 bits per heavy atom. The van der Waals surface area contributed by atoms with Crippen LogP contribution in [0.25, 0.3) is 0 Å². The molecule has 152 valence electrons. The molecule has 1 aliphatic heterocycles. The SMILES string of the molecule is CCn1cc(S(=O)(=O)N2CCC[C@@H]2c2cccc(Nc3ccccn3)n2)c(C)n1. The van der Waals surface area contributed by atoms with E-state index >= 15 is 0 Å². The van der Waals surface area contributed by atoms with Gasteiger partial charge in [-0.1, -0.05) is 12.1 Å². The smallest absolute Gasteiger partial charge is 0.247 e. The second-order valence-corrected chi connectivity index (χ2v) is 8.85. The minimum atomic E-state index is -3.65. The van der Waals surface area contributed by atoms with Gasteiger partial charge in [0.1, 0.15) is 16.5 Å². The van der Waals surface area contributed by atoms with Crippen LogP contribution in [0.5, 0.6) is 0 Å². The Balaban J connectivity index is 1.63. The zero-order chi connectivity index (χ0) is 20.4. The van der Waals surface area contributed by atoms with Gasteiger partial charge in [0.15, 0.2) is 0 Å². The van der Waals surface area contributed by atoms with E-state index in [1.807, 2.05) is 43.3 Å². The van der Waals surface area contributed by atoms with E-state index in [9.17, 15) is 8.42 Å². The largest absolute Gasteiger partial charge is 0.325 e. The molecular formula is C20H24N6O2S. The van der Waals surface area contributed by atoms with Gasteiger partial charge in [-0.15, -0.1) is 0 Å². The van der Waals surface area contributed by atoms with Crippen molar-refractivity contribution in [3.05, 3.63) is 60.2 Å². The minimum absolute atomic E-state index is 0.272. The normalized spacial score (nSPS) is 17.5. The highest BCUT2D eigenvalue weighted by Gasteiger charge is 2.38. The average molecular weight is 413 g/mol. The highest BCUT2D eigenvalue weighted by molar-refractivity contribution is 7.89. The van der Waals surface area contributed by atoms with Crippen LogP contribution in [-0.2, 0) is 16.6 Å². The predicted molar refractivity (Wildman–Crippen MR) is 110 cm³/mol. The van der Waals surface area contributed by atoms with Crippen molar-refractivity contribution in [3.8, 4) is 0 Å². The zero-order valence-corrected chi connectivity index (χ0v) is 17.3. The molecule has 29 heavy (non-hydrogen) atoms. The van der Waals surface area contributed by atoms with Crippen LogP contribution >= 0.6 is 0 Å². The third kappa shape index (κ3) is 3.88. The minimum Gasteiger partial charge on any atom is -0.325 e. The molecule has 0 radical (unpaired) electrons. The predicted octanol–water partition coefficient (Wildman–Crippen LogP) is 3.27. The van der Waals surface area contributed by atoms with Crippen LogP contribution in [0, 0.1) is 6.92 Å². The first-order chi connectivity index (χ1) is 14.0. The monoisotopic (exact) mass is 412 g/mol. The van der Waals surface area contributed by atoms with Crippen molar-refractivity contribution in [2.24, 2.45) is 0 Å². The molecule has 1 saturated heterocycles. The van der Waals surface area contributed by atoms with Gasteiger partial charge in [0, 0.05) is 25.5 Å². The topological polar surface area (TPSA) is 93.0 Å². The molecule has 0 aromatic carbocycles. The summed E-state index contributed by atoms with van der Waals surface area (Å²) in [5.74, 6) is 1.33. The van der Waals surface area contributed by atoms with Crippen molar-refractivity contribution in [2.45, 2.75) is 44.2 Å². The Labute approximate surface area is 170 Å². The molecule has 8 nitrogen and oxygen atoms in total. The fourth-order valence-corrected chi connectivity index (χ4v) is 5.48. The van der Waals surface area contributed by atoms with Crippen LogP contribution in [0.15, 0.2) is 53.7 Å². The van der Waals surface area contributed by atoms with Crippen molar-refractivity contribution in [1.29, 1.82) is 0 Å². The van der Waals surface area contributed by atoms with E-state index in [1.165, 1.54) is 0 Å². The van der Waals surface area contributed by atoms with Gasteiger partial charge in [-0.05, 0) is 51.0 Å². The molecule has 9 heteroatoms. The third-order valence-corrected chi connectivity index (χ3v) is 7.06. The number of aryl methyl sites for hydroxylation is 2. The number of rotatable bonds is 6. The van der Waals surface area contributed by atoms with E-state index < -0.39 is 10.0 Å². The van der Waals surface area contributed by atoms with Crippen LogP contribution in [-0.4, -0.2) is 39.0 Å². The highest BCUT2D eigenvalue weighted by atomic mass is 32.2. The lowest BCUT2D eigenvalue weighted by Crippen LogP contribution is -2.31. The molecule has 3 aromatic heterocycles. The van der Waals surface area contributed by atoms with E-state index in [0.29, 0.717) is 30.4 Å². The molecule has 3 aromatic rings. The lowest BCUT2D eigenvalue weighted by atomic mass is 10.1. The summed E-state index contributed by atoms with van der Waals surface area (Å²) in [7, 11) is -3.65. The third-order valence-electron chi connectivity index (χ3n) is 5.05. The van der Waals surface area contributed by atoms with E-state index in [-0.39, 0.29) is 10.9 Å². The first kappa shape index (κ1) is 19.5. The number of sulfonamides is 1. The molecular weight excluding hydrogens is 388 g/mol. The maximum absolute atomic E-state index is 13.4. The molecule has 1 atom stereocenters. The highest BCUT2D eigenvalue weighted by Crippen LogP contribution is 2.36. The summed E-state index contributed by atoms with van der Waals surface area (Å²) in [6.45, 7) is 4.77. The lowest BCUT2D eigenvalue weighted by Gasteiger charge is -2.23. The molecule has 0 unspecified atom stereocenters. The van der Waals surface area contributed by atoms with Gasteiger partial charge in [0.25, 0.3) is 0 Å². The summed E-state index contributed by atoms with van der Waals surface area (Å²) < 4.78 is 29.9. The van der Waals surface area contributed by atoms with Crippen molar-refractivity contribution in [3.63, 3.8) is 0 Å². The van der Waals surface area contributed by atoms with Gasteiger partial charge in [0.05, 0.1) is 17.4 Å². The molecule has 4 heterocycles. The molecule has 0 bridgehead atoms. The van der Waals surface area contributed by atoms with Crippen molar-refractivity contribution in [2.75, 3.05) is 11.9 Å². The number of nitrogens with one attached hydrogen (secondary N) is 1. The number of aromatic nitrogens is 4. The Morgan fingerprint density at radius 1 is 1.17 bits per heavy atom. The number of anilines is 2. The Kier molecular flexibility index (Phi) is 5.33. The summed E-state index contributed by atoms with van der Waals surface area (Å²) in [6.07, 6.45) is 4.85. The molecule has 1 N–H and O–H groups in total. The summed E-state index contributed by atoms with van der Waals surface area (Å²) in [5, 5.41) is 7.47. The van der Waals surface area contributed by atoms with Gasteiger partial charge >= 0.3 is 0 Å². The molecule has 1 fully saturated rings. The Bertz CT molecular complexity index is 1100. The number of pyridine rings is 2. The van der Waals surface area contributed by atoms with Gasteiger partial charge < -0.3 is 5.32 Å². The summed E-state index contributed by atoms with van der Waals surface area (Å²) in [5.41, 5.74) is 1.25. The van der Waals surface area contributed by atoms with Gasteiger partial charge in [0.2, 0.25) is 10.0 Å². The summed E-state index contributed by atoms with van der Waals surface area (Å²) in [4.78, 5) is 9.19. The van der Waals surface area contributed by atoms with Crippen LogP contribution in [0.1, 0.15) is 37.2 Å². The van der Waals surface area contributed by atoms with E-state index in [4.69, 9.17) is 0 Å². The first-order valence-corrected chi connectivity index (χ1v) is 11.1. The van der Waals surface area contributed by atoms with Crippen molar-refractivity contribution >= 4 is 21.7 Å². The fourth-order valence-electron chi connectivity index (χ4n) is 3.64. The van der Waals surface area contributed by atoms with Crippen LogP contribution in [0.3, 0.4) is 0 Å².